The summed E-state index contributed by atoms with van der Waals surface area (Å²) in [5, 5.41) is 0. The van der Waals surface area contributed by atoms with Crippen molar-refractivity contribution in [3.63, 3.8) is 0 Å². The molecule has 0 radical (unpaired) electrons. The summed E-state index contributed by atoms with van der Waals surface area (Å²) in [6, 6.07) is 7.39. The van der Waals surface area contributed by atoms with Crippen molar-refractivity contribution in [2.24, 2.45) is 0 Å². The van der Waals surface area contributed by atoms with Gasteiger partial charge >= 0.3 is 6.01 Å². The van der Waals surface area contributed by atoms with Crippen LogP contribution in [0.5, 0.6) is 11.9 Å². The minimum atomic E-state index is -0.352. The number of fused-ring (bicyclic) bond motifs is 3. The molecule has 3 aliphatic heterocycles. The molecule has 1 aromatic carbocycles. The highest BCUT2D eigenvalue weighted by Crippen LogP contribution is 2.49. The van der Waals surface area contributed by atoms with E-state index in [1.165, 1.54) is 29.2 Å². The van der Waals surface area contributed by atoms with Crippen LogP contribution in [0.3, 0.4) is 0 Å². The third-order valence-corrected chi connectivity index (χ3v) is 8.98. The molecule has 8 nitrogen and oxygen atoms in total. The molecule has 4 heterocycles. The van der Waals surface area contributed by atoms with Crippen molar-refractivity contribution in [2.45, 2.75) is 63.5 Å². The second-order valence-electron chi connectivity index (χ2n) is 11.3. The fourth-order valence-corrected chi connectivity index (χ4v) is 6.88. The number of nitrogens with zero attached hydrogens (tertiary/aromatic N) is 5. The molecule has 202 valence electrons. The van der Waals surface area contributed by atoms with Crippen LogP contribution < -0.4 is 14.4 Å². The average molecular weight is 518 g/mol. The van der Waals surface area contributed by atoms with Crippen LogP contribution in [0.2, 0.25) is 0 Å². The number of likely N-dealkylation sites (tertiary alicyclic amines) is 1. The molecule has 2 fully saturated rings. The number of carbonyl (C=O) groups excluding carboxylic acids is 1. The highest BCUT2D eigenvalue weighted by atomic mass is 16.5. The maximum atomic E-state index is 12.2. The van der Waals surface area contributed by atoms with Gasteiger partial charge in [0.05, 0.1) is 5.56 Å². The molecule has 0 N–H and O–H groups in total. The van der Waals surface area contributed by atoms with E-state index in [9.17, 15) is 4.79 Å². The first kappa shape index (κ1) is 25.2. The number of aromatic nitrogens is 2. The summed E-state index contributed by atoms with van der Waals surface area (Å²) in [6.45, 7) is 10.2. The molecular weight excluding hydrogens is 478 g/mol. The number of hydrogen-bond acceptors (Lipinski definition) is 7. The SMILES string of the molecule is C=CC(=O)N1CCN(c2nc(OC[C@@H]3CCCN3C)nc3c2CC[C@@]2(CCCc4cccc(C)c42)O3)CC1. The van der Waals surface area contributed by atoms with Crippen molar-refractivity contribution in [1.82, 2.24) is 19.8 Å². The van der Waals surface area contributed by atoms with Crippen LogP contribution >= 0.6 is 0 Å². The Hall–Kier alpha value is -3.13. The number of likely N-dealkylation sites (N-methyl/N-ethyl adjacent to an activating group) is 1. The number of carbonyl (C=O) groups is 1. The van der Waals surface area contributed by atoms with Gasteiger partial charge in [0.1, 0.15) is 18.0 Å². The van der Waals surface area contributed by atoms with Gasteiger partial charge in [0.15, 0.2) is 0 Å². The molecular formula is C30H39N5O3. The molecule has 0 saturated carbocycles. The summed E-state index contributed by atoms with van der Waals surface area (Å²) in [5.74, 6) is 1.54. The maximum absolute atomic E-state index is 12.2. The predicted octanol–water partition coefficient (Wildman–Crippen LogP) is 3.65. The van der Waals surface area contributed by atoms with Gasteiger partial charge in [0.25, 0.3) is 0 Å². The third-order valence-electron chi connectivity index (χ3n) is 8.98. The lowest BCUT2D eigenvalue weighted by atomic mass is 9.73. The lowest BCUT2D eigenvalue weighted by Crippen LogP contribution is -2.49. The van der Waals surface area contributed by atoms with Crippen LogP contribution in [-0.4, -0.2) is 78.1 Å². The molecule has 1 aliphatic carbocycles. The van der Waals surface area contributed by atoms with Gasteiger partial charge in [-0.05, 0) is 82.7 Å². The monoisotopic (exact) mass is 517 g/mol. The number of amides is 1. The summed E-state index contributed by atoms with van der Waals surface area (Å²) in [5.41, 5.74) is 4.76. The minimum absolute atomic E-state index is 0.0179. The van der Waals surface area contributed by atoms with Crippen molar-refractivity contribution in [2.75, 3.05) is 51.3 Å². The van der Waals surface area contributed by atoms with E-state index in [-0.39, 0.29) is 11.5 Å². The summed E-state index contributed by atoms with van der Waals surface area (Å²) < 4.78 is 13.2. The van der Waals surface area contributed by atoms with Crippen molar-refractivity contribution in [3.05, 3.63) is 53.1 Å². The van der Waals surface area contributed by atoms with Crippen LogP contribution in [0.15, 0.2) is 30.9 Å². The standard InChI is InChI=1S/C30H39N5O3/c1-4-25(36)34-16-18-35(19-17-34)27-24-12-14-30(13-6-10-22-9-5-8-21(2)26(22)30)38-28(24)32-29(31-27)37-20-23-11-7-15-33(23)3/h4-5,8-9,23H,1,6-7,10-20H2,2-3H3/t23-,30+/m0/s1. The van der Waals surface area contributed by atoms with Crippen molar-refractivity contribution < 1.29 is 14.3 Å². The van der Waals surface area contributed by atoms with Gasteiger partial charge in [-0.2, -0.15) is 9.97 Å². The van der Waals surface area contributed by atoms with E-state index in [0.717, 1.165) is 56.5 Å². The Bertz CT molecular complexity index is 1220. The predicted molar refractivity (Wildman–Crippen MR) is 147 cm³/mol. The molecule has 0 bridgehead atoms. The Morgan fingerprint density at radius 2 is 2.00 bits per heavy atom. The first-order chi connectivity index (χ1) is 18.5. The van der Waals surface area contributed by atoms with Crippen molar-refractivity contribution in [1.29, 1.82) is 0 Å². The largest absolute Gasteiger partial charge is 0.466 e. The number of benzene rings is 1. The van der Waals surface area contributed by atoms with Crippen molar-refractivity contribution >= 4 is 11.7 Å². The lowest BCUT2D eigenvalue weighted by Gasteiger charge is -2.44. The first-order valence-corrected chi connectivity index (χ1v) is 14.2. The fourth-order valence-electron chi connectivity index (χ4n) is 6.88. The Kier molecular flexibility index (Phi) is 6.76. The summed E-state index contributed by atoms with van der Waals surface area (Å²) >= 11 is 0. The topological polar surface area (TPSA) is 71.0 Å². The summed E-state index contributed by atoms with van der Waals surface area (Å²) in [4.78, 5) is 28.5. The van der Waals surface area contributed by atoms with Gasteiger partial charge in [0, 0.05) is 37.8 Å². The molecule has 1 spiro atoms. The fraction of sp³-hybridized carbons (Fsp3) is 0.567. The van der Waals surface area contributed by atoms with Gasteiger partial charge in [-0.1, -0.05) is 24.8 Å². The highest BCUT2D eigenvalue weighted by molar-refractivity contribution is 5.87. The van der Waals surface area contributed by atoms with E-state index in [1.54, 1.807) is 0 Å². The molecule has 2 atom stereocenters. The van der Waals surface area contributed by atoms with Gasteiger partial charge in [-0.25, -0.2) is 0 Å². The Morgan fingerprint density at radius 3 is 2.76 bits per heavy atom. The van der Waals surface area contributed by atoms with Crippen LogP contribution in [0.1, 0.15) is 54.4 Å². The Balaban J connectivity index is 1.33. The van der Waals surface area contributed by atoms with E-state index in [4.69, 9.17) is 19.4 Å². The molecule has 2 saturated heterocycles. The van der Waals surface area contributed by atoms with E-state index in [2.05, 4.69) is 48.5 Å². The second-order valence-corrected chi connectivity index (χ2v) is 11.3. The van der Waals surface area contributed by atoms with Crippen LogP contribution in [0, 0.1) is 6.92 Å². The van der Waals surface area contributed by atoms with E-state index >= 15 is 0 Å². The number of aryl methyl sites for hydroxylation is 2. The molecule has 1 amide bonds. The zero-order chi connectivity index (χ0) is 26.3. The summed E-state index contributed by atoms with van der Waals surface area (Å²) in [7, 11) is 2.15. The third kappa shape index (κ3) is 4.53. The smallest absolute Gasteiger partial charge is 0.321 e. The van der Waals surface area contributed by atoms with Gasteiger partial charge in [-0.15, -0.1) is 0 Å². The lowest BCUT2D eigenvalue weighted by molar-refractivity contribution is -0.126. The Morgan fingerprint density at radius 1 is 1.16 bits per heavy atom. The number of rotatable bonds is 5. The Labute approximate surface area is 225 Å². The normalized spacial score (nSPS) is 25.1. The van der Waals surface area contributed by atoms with E-state index in [0.29, 0.717) is 50.7 Å². The molecule has 0 unspecified atom stereocenters. The second kappa shape index (κ2) is 10.2. The first-order valence-electron chi connectivity index (χ1n) is 14.2. The average Bonchev–Trinajstić information content (AvgIpc) is 3.35. The van der Waals surface area contributed by atoms with E-state index in [1.807, 2.05) is 4.90 Å². The van der Waals surface area contributed by atoms with E-state index < -0.39 is 0 Å². The molecule has 8 heteroatoms. The molecule has 4 aliphatic rings. The van der Waals surface area contributed by atoms with Crippen molar-refractivity contribution in [3.8, 4) is 11.9 Å². The summed E-state index contributed by atoms with van der Waals surface area (Å²) in [6.07, 6.45) is 8.69. The number of anilines is 1. The van der Waals surface area contributed by atoms with Gasteiger partial charge < -0.3 is 24.2 Å². The highest BCUT2D eigenvalue weighted by Gasteiger charge is 2.44. The quantitative estimate of drug-likeness (QED) is 0.561. The minimum Gasteiger partial charge on any atom is -0.466 e. The molecule has 1 aromatic heterocycles. The van der Waals surface area contributed by atoms with Gasteiger partial charge in [0.2, 0.25) is 11.8 Å². The van der Waals surface area contributed by atoms with Crippen LogP contribution in [0.25, 0.3) is 0 Å². The maximum Gasteiger partial charge on any atom is 0.321 e. The zero-order valence-corrected chi connectivity index (χ0v) is 22.7. The van der Waals surface area contributed by atoms with Crippen LogP contribution in [-0.2, 0) is 23.2 Å². The molecule has 6 rings (SSSR count). The number of hydrogen-bond donors (Lipinski definition) is 0. The zero-order valence-electron chi connectivity index (χ0n) is 22.7. The van der Waals surface area contributed by atoms with Crippen LogP contribution in [0.4, 0.5) is 5.82 Å². The molecule has 2 aromatic rings. The van der Waals surface area contributed by atoms with Gasteiger partial charge in [-0.3, -0.25) is 4.79 Å². The number of piperazine rings is 1. The number of ether oxygens (including phenoxy) is 2. The molecule has 38 heavy (non-hydrogen) atoms.